The summed E-state index contributed by atoms with van der Waals surface area (Å²) in [7, 11) is 0. The Hall–Kier alpha value is -0.0800. The molecule has 0 atom stereocenters. The van der Waals surface area contributed by atoms with E-state index < -0.39 is 0 Å². The summed E-state index contributed by atoms with van der Waals surface area (Å²) in [5.74, 6) is 0.877. The molecule has 0 spiro atoms. The molecule has 1 fully saturated rings. The van der Waals surface area contributed by atoms with Crippen LogP contribution in [0.1, 0.15) is 46.0 Å². The molecule has 1 saturated carbocycles. The lowest BCUT2D eigenvalue weighted by molar-refractivity contribution is 0.108. The Balaban J connectivity index is 2.32. The summed E-state index contributed by atoms with van der Waals surface area (Å²) in [6.45, 7) is 7.79. The quantitative estimate of drug-likeness (QED) is 0.680. The van der Waals surface area contributed by atoms with Crippen LogP contribution in [0.5, 0.6) is 0 Å². The smallest absolute Gasteiger partial charge is 0.0108 e. The van der Waals surface area contributed by atoms with E-state index in [1.165, 1.54) is 38.6 Å². The van der Waals surface area contributed by atoms with Crippen LogP contribution in [0.2, 0.25) is 0 Å². The van der Waals surface area contributed by atoms with E-state index in [4.69, 9.17) is 5.73 Å². The largest absolute Gasteiger partial charge is 0.329 e. The molecule has 84 valence electrons. The minimum atomic E-state index is 0.816. The Bertz CT molecular complexity index is 137. The Kier molecular flexibility index (Phi) is 5.49. The van der Waals surface area contributed by atoms with Gasteiger partial charge in [-0.05, 0) is 18.8 Å². The molecule has 0 amide bonds. The van der Waals surface area contributed by atoms with Gasteiger partial charge in [0.05, 0.1) is 0 Å². The highest BCUT2D eigenvalue weighted by molar-refractivity contribution is 4.81. The molecule has 14 heavy (non-hydrogen) atoms. The van der Waals surface area contributed by atoms with E-state index in [1.54, 1.807) is 0 Å². The summed E-state index contributed by atoms with van der Waals surface area (Å²) in [4.78, 5) is 2.63. The fraction of sp³-hybridized carbons (Fsp3) is 1.00. The third-order valence-corrected chi connectivity index (χ3v) is 3.65. The van der Waals surface area contributed by atoms with Crippen molar-refractivity contribution in [2.45, 2.75) is 52.0 Å². The Morgan fingerprint density at radius 3 is 2.29 bits per heavy atom. The number of nitrogens with zero attached hydrogens (tertiary/aromatic N) is 1. The van der Waals surface area contributed by atoms with Crippen LogP contribution >= 0.6 is 0 Å². The van der Waals surface area contributed by atoms with Gasteiger partial charge in [-0.2, -0.15) is 0 Å². The highest BCUT2D eigenvalue weighted by Gasteiger charge is 2.25. The molecular weight excluding hydrogens is 172 g/mol. The monoisotopic (exact) mass is 198 g/mol. The molecule has 0 aromatic heterocycles. The molecule has 0 saturated heterocycles. The summed E-state index contributed by atoms with van der Waals surface area (Å²) in [5.41, 5.74) is 5.66. The van der Waals surface area contributed by atoms with Crippen LogP contribution in [0.15, 0.2) is 0 Å². The van der Waals surface area contributed by atoms with Gasteiger partial charge < -0.3 is 5.73 Å². The molecule has 0 heterocycles. The van der Waals surface area contributed by atoms with Gasteiger partial charge >= 0.3 is 0 Å². The van der Waals surface area contributed by atoms with E-state index in [9.17, 15) is 0 Å². The summed E-state index contributed by atoms with van der Waals surface area (Å²) in [6.07, 6.45) is 6.85. The van der Waals surface area contributed by atoms with Gasteiger partial charge in [-0.3, -0.25) is 4.90 Å². The maximum absolute atomic E-state index is 5.66. The van der Waals surface area contributed by atoms with E-state index in [0.29, 0.717) is 0 Å². The predicted molar refractivity (Wildman–Crippen MR) is 62.3 cm³/mol. The van der Waals surface area contributed by atoms with Gasteiger partial charge in [0.25, 0.3) is 0 Å². The summed E-state index contributed by atoms with van der Waals surface area (Å²) in [5, 5.41) is 0. The van der Waals surface area contributed by atoms with Crippen LogP contribution in [0.25, 0.3) is 0 Å². The van der Waals surface area contributed by atoms with E-state index in [0.717, 1.165) is 25.0 Å². The number of rotatable bonds is 7. The van der Waals surface area contributed by atoms with E-state index in [-0.39, 0.29) is 0 Å². The third-order valence-electron chi connectivity index (χ3n) is 3.65. The molecule has 1 aliphatic rings. The second kappa shape index (κ2) is 6.41. The van der Waals surface area contributed by atoms with Crippen molar-refractivity contribution in [3.05, 3.63) is 0 Å². The lowest BCUT2D eigenvalue weighted by atomic mass is 9.90. The molecule has 0 aromatic carbocycles. The first-order valence-electron chi connectivity index (χ1n) is 6.25. The lowest BCUT2D eigenvalue weighted by Crippen LogP contribution is -2.45. The highest BCUT2D eigenvalue weighted by Crippen LogP contribution is 2.26. The van der Waals surface area contributed by atoms with E-state index in [2.05, 4.69) is 18.7 Å². The van der Waals surface area contributed by atoms with Crippen LogP contribution in [-0.4, -0.2) is 30.6 Å². The van der Waals surface area contributed by atoms with Crippen molar-refractivity contribution in [2.75, 3.05) is 19.6 Å². The minimum Gasteiger partial charge on any atom is -0.329 e. The molecule has 2 heteroatoms. The van der Waals surface area contributed by atoms with Crippen LogP contribution in [-0.2, 0) is 0 Å². The molecule has 0 bridgehead atoms. The van der Waals surface area contributed by atoms with Crippen molar-refractivity contribution >= 4 is 0 Å². The summed E-state index contributed by atoms with van der Waals surface area (Å²) >= 11 is 0. The van der Waals surface area contributed by atoms with Gasteiger partial charge in [-0.25, -0.2) is 0 Å². The van der Waals surface area contributed by atoms with Crippen LogP contribution in [0.3, 0.4) is 0 Å². The second-order valence-corrected chi connectivity index (χ2v) is 4.55. The summed E-state index contributed by atoms with van der Waals surface area (Å²) in [6, 6.07) is 0.860. The highest BCUT2D eigenvalue weighted by atomic mass is 15.2. The second-order valence-electron chi connectivity index (χ2n) is 4.55. The molecule has 0 aromatic rings. The van der Waals surface area contributed by atoms with Crippen LogP contribution in [0.4, 0.5) is 0 Å². The van der Waals surface area contributed by atoms with Crippen LogP contribution in [0, 0.1) is 5.92 Å². The molecule has 0 radical (unpaired) electrons. The standard InChI is InChI=1S/C12H26N2/c1-3-11(4-2)10-14(9-8-13)12-6-5-7-12/h11-12H,3-10,13H2,1-2H3. The molecular formula is C12H26N2. The van der Waals surface area contributed by atoms with Gasteiger partial charge in [0.15, 0.2) is 0 Å². The van der Waals surface area contributed by atoms with E-state index >= 15 is 0 Å². The first-order valence-corrected chi connectivity index (χ1v) is 6.25. The van der Waals surface area contributed by atoms with Gasteiger partial charge in [0, 0.05) is 25.7 Å². The SMILES string of the molecule is CCC(CC)CN(CCN)C1CCC1. The van der Waals surface area contributed by atoms with Crippen molar-refractivity contribution in [3.63, 3.8) is 0 Å². The van der Waals surface area contributed by atoms with Crippen molar-refractivity contribution in [2.24, 2.45) is 11.7 Å². The fourth-order valence-corrected chi connectivity index (χ4v) is 2.22. The number of hydrogen-bond acceptors (Lipinski definition) is 2. The van der Waals surface area contributed by atoms with Crippen molar-refractivity contribution in [3.8, 4) is 0 Å². The van der Waals surface area contributed by atoms with Crippen LogP contribution < -0.4 is 5.73 Å². The number of hydrogen-bond donors (Lipinski definition) is 1. The van der Waals surface area contributed by atoms with Crippen molar-refractivity contribution in [1.29, 1.82) is 0 Å². The zero-order valence-electron chi connectivity index (χ0n) is 9.84. The van der Waals surface area contributed by atoms with Gasteiger partial charge in [0.1, 0.15) is 0 Å². The molecule has 2 N–H and O–H groups in total. The fourth-order valence-electron chi connectivity index (χ4n) is 2.22. The normalized spacial score (nSPS) is 17.8. The summed E-state index contributed by atoms with van der Waals surface area (Å²) < 4.78 is 0. The Labute approximate surface area is 88.8 Å². The minimum absolute atomic E-state index is 0.816. The number of nitrogens with two attached hydrogens (primary N) is 1. The molecule has 2 nitrogen and oxygen atoms in total. The topological polar surface area (TPSA) is 29.3 Å². The van der Waals surface area contributed by atoms with Crippen molar-refractivity contribution in [1.82, 2.24) is 4.90 Å². The zero-order valence-corrected chi connectivity index (χ0v) is 9.84. The maximum atomic E-state index is 5.66. The lowest BCUT2D eigenvalue weighted by Gasteiger charge is -2.39. The first-order chi connectivity index (χ1) is 6.81. The van der Waals surface area contributed by atoms with Crippen molar-refractivity contribution < 1.29 is 0 Å². The Morgan fingerprint density at radius 2 is 1.93 bits per heavy atom. The molecule has 0 aliphatic heterocycles. The van der Waals surface area contributed by atoms with Gasteiger partial charge in [-0.15, -0.1) is 0 Å². The third kappa shape index (κ3) is 3.25. The van der Waals surface area contributed by atoms with E-state index in [1.807, 2.05) is 0 Å². The Morgan fingerprint density at radius 1 is 1.29 bits per heavy atom. The van der Waals surface area contributed by atoms with Gasteiger partial charge in [0.2, 0.25) is 0 Å². The zero-order chi connectivity index (χ0) is 10.4. The first kappa shape index (κ1) is 12.0. The molecule has 1 rings (SSSR count). The molecule has 1 aliphatic carbocycles. The predicted octanol–water partition coefficient (Wildman–Crippen LogP) is 2.24. The maximum Gasteiger partial charge on any atom is 0.0108 e. The average Bonchev–Trinajstić information content (AvgIpc) is 2.11. The van der Waals surface area contributed by atoms with Gasteiger partial charge in [-0.1, -0.05) is 33.1 Å². The average molecular weight is 198 g/mol. The molecule has 0 unspecified atom stereocenters.